The van der Waals surface area contributed by atoms with E-state index in [4.69, 9.17) is 18.6 Å². The van der Waals surface area contributed by atoms with Gasteiger partial charge in [-0.05, 0) is 34.5 Å². The maximum Gasteiger partial charge on any atom is 0.532 e. The molecule has 2 saturated heterocycles. The van der Waals surface area contributed by atoms with Gasteiger partial charge in [0.2, 0.25) is 0 Å². The Balaban J connectivity index is 2.45. The average Bonchev–Trinajstić information content (AvgIpc) is 2.42. The first kappa shape index (κ1) is 23.2. The van der Waals surface area contributed by atoms with Crippen molar-refractivity contribution in [2.75, 3.05) is 0 Å². The highest BCUT2D eigenvalue weighted by atomic mass is 16.9. The standard InChI is InChI=1S/C22H44BO4/c1-19(2,3)15-13-16(20(4,5)6)25-23(24-15)26-17(21(7,8)9)14-18(27-23)22(10,11)12/h15-18H,13-14H2,1-12H3/q-1/t15-,16?,17?,18?,23?/m1/s1. The molecule has 0 aromatic carbocycles. The van der Waals surface area contributed by atoms with Gasteiger partial charge in [0.15, 0.2) is 0 Å². The molecule has 4 atom stereocenters. The van der Waals surface area contributed by atoms with Gasteiger partial charge in [-0.25, -0.2) is 0 Å². The summed E-state index contributed by atoms with van der Waals surface area (Å²) >= 11 is 0. The van der Waals surface area contributed by atoms with Gasteiger partial charge in [0.05, 0.1) is 0 Å². The van der Waals surface area contributed by atoms with Crippen LogP contribution in [0, 0.1) is 21.7 Å². The van der Waals surface area contributed by atoms with Gasteiger partial charge in [-0.1, -0.05) is 83.1 Å². The molecule has 2 aliphatic rings. The molecule has 4 nitrogen and oxygen atoms in total. The lowest BCUT2D eigenvalue weighted by Crippen LogP contribution is -2.68. The molecule has 0 saturated carbocycles. The predicted molar refractivity (Wildman–Crippen MR) is 112 cm³/mol. The van der Waals surface area contributed by atoms with E-state index >= 15 is 0 Å². The molecule has 0 aromatic rings. The zero-order valence-electron chi connectivity index (χ0n) is 19.9. The highest BCUT2D eigenvalue weighted by molar-refractivity contribution is 6.54. The summed E-state index contributed by atoms with van der Waals surface area (Å²) in [4.78, 5) is 0. The Labute approximate surface area is 168 Å². The van der Waals surface area contributed by atoms with E-state index in [1.54, 1.807) is 0 Å². The summed E-state index contributed by atoms with van der Waals surface area (Å²) in [7, 11) is 0. The van der Waals surface area contributed by atoms with E-state index in [2.05, 4.69) is 83.1 Å². The van der Waals surface area contributed by atoms with Crippen LogP contribution in [0.3, 0.4) is 0 Å². The van der Waals surface area contributed by atoms with Crippen molar-refractivity contribution in [3.63, 3.8) is 0 Å². The van der Waals surface area contributed by atoms with Crippen LogP contribution in [-0.2, 0) is 18.6 Å². The van der Waals surface area contributed by atoms with Crippen molar-refractivity contribution in [2.24, 2.45) is 21.7 Å². The van der Waals surface area contributed by atoms with Crippen molar-refractivity contribution in [3.8, 4) is 0 Å². The van der Waals surface area contributed by atoms with Crippen LogP contribution in [0.15, 0.2) is 0 Å². The monoisotopic (exact) mass is 383 g/mol. The van der Waals surface area contributed by atoms with Gasteiger partial charge in [-0.3, -0.25) is 0 Å². The number of hydrogen-bond acceptors (Lipinski definition) is 4. The van der Waals surface area contributed by atoms with E-state index in [0.29, 0.717) is 0 Å². The fourth-order valence-electron chi connectivity index (χ4n) is 3.84. The largest absolute Gasteiger partial charge is 0.532 e. The fourth-order valence-corrected chi connectivity index (χ4v) is 3.84. The Bertz CT molecular complexity index is 423. The molecule has 5 heteroatoms. The smallest absolute Gasteiger partial charge is 0.516 e. The van der Waals surface area contributed by atoms with E-state index < -0.39 is 6.96 Å². The molecule has 0 N–H and O–H groups in total. The number of rotatable bonds is 0. The normalized spacial score (nSPS) is 36.9. The van der Waals surface area contributed by atoms with Crippen LogP contribution in [0.1, 0.15) is 95.9 Å². The van der Waals surface area contributed by atoms with Gasteiger partial charge in [0.25, 0.3) is 0 Å². The molecule has 0 aromatic heterocycles. The molecular formula is C22H44BO4-. The van der Waals surface area contributed by atoms with Gasteiger partial charge in [-0.15, -0.1) is 0 Å². The fraction of sp³-hybridized carbons (Fsp3) is 1.00. The van der Waals surface area contributed by atoms with Crippen molar-refractivity contribution in [1.82, 2.24) is 0 Å². The molecule has 160 valence electrons. The zero-order valence-corrected chi connectivity index (χ0v) is 19.9. The molecule has 2 rings (SSSR count). The molecule has 0 bridgehead atoms. The third kappa shape index (κ3) is 5.49. The maximum absolute atomic E-state index is 6.55. The highest BCUT2D eigenvalue weighted by Crippen LogP contribution is 2.47. The lowest BCUT2D eigenvalue weighted by Gasteiger charge is -2.62. The van der Waals surface area contributed by atoms with Gasteiger partial charge >= 0.3 is 6.96 Å². The molecular weight excluding hydrogens is 339 g/mol. The lowest BCUT2D eigenvalue weighted by molar-refractivity contribution is -0.219. The van der Waals surface area contributed by atoms with E-state index in [1.807, 2.05) is 0 Å². The first-order valence-electron chi connectivity index (χ1n) is 10.7. The summed E-state index contributed by atoms with van der Waals surface area (Å²) in [6.07, 6.45) is 1.79. The molecule has 2 heterocycles. The van der Waals surface area contributed by atoms with Crippen LogP contribution in [0.25, 0.3) is 0 Å². The van der Waals surface area contributed by atoms with Crippen molar-refractivity contribution >= 4 is 6.96 Å². The third-order valence-corrected chi connectivity index (χ3v) is 6.04. The van der Waals surface area contributed by atoms with Crippen LogP contribution in [0.5, 0.6) is 0 Å². The topological polar surface area (TPSA) is 36.9 Å². The predicted octanol–water partition coefficient (Wildman–Crippen LogP) is 5.95. The Hall–Kier alpha value is -0.0951. The summed E-state index contributed by atoms with van der Waals surface area (Å²) in [6, 6.07) is 0. The maximum atomic E-state index is 6.55. The second kappa shape index (κ2) is 7.00. The quantitative estimate of drug-likeness (QED) is 0.484. The summed E-state index contributed by atoms with van der Waals surface area (Å²) < 4.78 is 26.2. The Morgan fingerprint density at radius 3 is 0.778 bits per heavy atom. The number of hydrogen-bond donors (Lipinski definition) is 0. The minimum absolute atomic E-state index is 0.0132. The Kier molecular flexibility index (Phi) is 6.01. The van der Waals surface area contributed by atoms with Crippen molar-refractivity contribution in [2.45, 2.75) is 120 Å². The second-order valence-corrected chi connectivity index (χ2v) is 13.0. The van der Waals surface area contributed by atoms with Crippen LogP contribution >= 0.6 is 0 Å². The van der Waals surface area contributed by atoms with Gasteiger partial charge in [0.1, 0.15) is 0 Å². The molecule has 27 heavy (non-hydrogen) atoms. The molecule has 3 unspecified atom stereocenters. The van der Waals surface area contributed by atoms with Crippen LogP contribution in [0.2, 0.25) is 0 Å². The summed E-state index contributed by atoms with van der Waals surface area (Å²) in [5, 5.41) is 0. The van der Waals surface area contributed by atoms with Gasteiger partial charge in [0, 0.05) is 24.4 Å². The first-order chi connectivity index (χ1) is 11.8. The van der Waals surface area contributed by atoms with E-state index in [0.717, 1.165) is 12.8 Å². The highest BCUT2D eigenvalue weighted by Gasteiger charge is 2.54. The second-order valence-electron chi connectivity index (χ2n) is 13.0. The third-order valence-electron chi connectivity index (χ3n) is 6.04. The minimum Gasteiger partial charge on any atom is -0.516 e. The van der Waals surface area contributed by atoms with Crippen LogP contribution < -0.4 is 0 Å². The molecule has 0 aliphatic carbocycles. The van der Waals surface area contributed by atoms with Crippen molar-refractivity contribution in [3.05, 3.63) is 0 Å². The molecule has 0 amide bonds. The van der Waals surface area contributed by atoms with Crippen LogP contribution in [-0.4, -0.2) is 31.4 Å². The van der Waals surface area contributed by atoms with Crippen LogP contribution in [0.4, 0.5) is 0 Å². The van der Waals surface area contributed by atoms with E-state index in [-0.39, 0.29) is 46.1 Å². The summed E-state index contributed by atoms with van der Waals surface area (Å²) in [5.41, 5.74) is -0.0530. The van der Waals surface area contributed by atoms with Gasteiger partial charge in [-0.2, -0.15) is 0 Å². The molecule has 2 fully saturated rings. The summed E-state index contributed by atoms with van der Waals surface area (Å²) in [5.74, 6) is 0. The molecule has 2 aliphatic heterocycles. The average molecular weight is 383 g/mol. The zero-order chi connectivity index (χ0) is 21.1. The molecule has 1 spiro atoms. The van der Waals surface area contributed by atoms with Crippen molar-refractivity contribution in [1.29, 1.82) is 0 Å². The van der Waals surface area contributed by atoms with E-state index in [1.165, 1.54) is 0 Å². The summed E-state index contributed by atoms with van der Waals surface area (Å²) in [6.45, 7) is 24.4. The Morgan fingerprint density at radius 2 is 0.630 bits per heavy atom. The van der Waals surface area contributed by atoms with E-state index in [9.17, 15) is 0 Å². The lowest BCUT2D eigenvalue weighted by atomic mass is 9.73. The first-order valence-corrected chi connectivity index (χ1v) is 10.7. The van der Waals surface area contributed by atoms with Crippen molar-refractivity contribution < 1.29 is 18.6 Å². The van der Waals surface area contributed by atoms with Gasteiger partial charge < -0.3 is 18.6 Å². The SMILES string of the molecule is CC(C)(C)C1CC(C(C)(C)C)O[B-]2(O1)OC(C(C)(C)C)C[C@H](C(C)(C)C)O2. The Morgan fingerprint density at radius 1 is 0.444 bits per heavy atom. The molecule has 0 radical (unpaired) electrons. The minimum atomic E-state index is -2.25.